The zero-order valence-electron chi connectivity index (χ0n) is 12.3. The quantitative estimate of drug-likeness (QED) is 0.817. The standard InChI is InChI=1S/C16H25BrN2/c1-4-8-18-11-13-10-14(17)5-6-15(13)19-9-7-16(2,3)12-19/h5-6,10,18H,4,7-9,11-12H2,1-3H3. The Bertz CT molecular complexity index is 429. The first-order valence-electron chi connectivity index (χ1n) is 7.26. The molecule has 2 rings (SSSR count). The molecule has 0 aliphatic carbocycles. The third kappa shape index (κ3) is 3.96. The van der Waals surface area contributed by atoms with E-state index in [-0.39, 0.29) is 0 Å². The Morgan fingerprint density at radius 3 is 2.79 bits per heavy atom. The van der Waals surface area contributed by atoms with E-state index in [9.17, 15) is 0 Å². The molecule has 1 saturated heterocycles. The van der Waals surface area contributed by atoms with Gasteiger partial charge in [0.1, 0.15) is 0 Å². The van der Waals surface area contributed by atoms with E-state index in [1.54, 1.807) is 0 Å². The summed E-state index contributed by atoms with van der Waals surface area (Å²) in [6.45, 7) is 11.3. The van der Waals surface area contributed by atoms with Crippen LogP contribution in [0.2, 0.25) is 0 Å². The number of benzene rings is 1. The molecule has 2 nitrogen and oxygen atoms in total. The van der Waals surface area contributed by atoms with Crippen LogP contribution in [0.3, 0.4) is 0 Å². The summed E-state index contributed by atoms with van der Waals surface area (Å²) in [6.07, 6.45) is 2.46. The SMILES string of the molecule is CCCNCc1cc(Br)ccc1N1CCC(C)(C)C1. The molecule has 0 aromatic heterocycles. The Labute approximate surface area is 125 Å². The second kappa shape index (κ2) is 6.27. The molecule has 0 saturated carbocycles. The Balaban J connectivity index is 2.15. The number of halogens is 1. The van der Waals surface area contributed by atoms with Gasteiger partial charge >= 0.3 is 0 Å². The highest BCUT2D eigenvalue weighted by Gasteiger charge is 2.30. The summed E-state index contributed by atoms with van der Waals surface area (Å²) in [5.41, 5.74) is 3.25. The van der Waals surface area contributed by atoms with Crippen molar-refractivity contribution in [3.05, 3.63) is 28.2 Å². The van der Waals surface area contributed by atoms with Crippen LogP contribution in [0.1, 0.15) is 39.2 Å². The molecule has 1 aliphatic rings. The summed E-state index contributed by atoms with van der Waals surface area (Å²) in [7, 11) is 0. The van der Waals surface area contributed by atoms with Crippen molar-refractivity contribution in [2.24, 2.45) is 5.41 Å². The Kier molecular flexibility index (Phi) is 4.91. The van der Waals surface area contributed by atoms with Crippen molar-refractivity contribution in [3.8, 4) is 0 Å². The zero-order chi connectivity index (χ0) is 13.9. The molecule has 1 aliphatic heterocycles. The fourth-order valence-corrected chi connectivity index (χ4v) is 3.13. The fourth-order valence-electron chi connectivity index (χ4n) is 2.72. The average molecular weight is 325 g/mol. The minimum atomic E-state index is 0.446. The molecule has 106 valence electrons. The molecule has 0 spiro atoms. The van der Waals surface area contributed by atoms with E-state index >= 15 is 0 Å². The van der Waals surface area contributed by atoms with Gasteiger partial charge in [-0.2, -0.15) is 0 Å². The molecule has 1 aromatic rings. The fraction of sp³-hybridized carbons (Fsp3) is 0.625. The lowest BCUT2D eigenvalue weighted by atomic mass is 9.93. The lowest BCUT2D eigenvalue weighted by molar-refractivity contribution is 0.418. The second-order valence-corrected chi connectivity index (χ2v) is 7.20. The van der Waals surface area contributed by atoms with Crippen LogP contribution in [0.15, 0.2) is 22.7 Å². The molecule has 1 aromatic carbocycles. The van der Waals surface area contributed by atoms with Gasteiger partial charge in [0.25, 0.3) is 0 Å². The van der Waals surface area contributed by atoms with E-state index in [1.807, 2.05) is 0 Å². The molecule has 1 heterocycles. The smallest absolute Gasteiger partial charge is 0.0412 e. The van der Waals surface area contributed by atoms with Crippen molar-refractivity contribution in [1.29, 1.82) is 0 Å². The van der Waals surface area contributed by atoms with Crippen molar-refractivity contribution >= 4 is 21.6 Å². The Morgan fingerprint density at radius 1 is 1.37 bits per heavy atom. The first-order valence-corrected chi connectivity index (χ1v) is 8.05. The van der Waals surface area contributed by atoms with Crippen molar-refractivity contribution in [3.63, 3.8) is 0 Å². The zero-order valence-corrected chi connectivity index (χ0v) is 13.9. The maximum absolute atomic E-state index is 3.59. The second-order valence-electron chi connectivity index (χ2n) is 6.29. The summed E-state index contributed by atoms with van der Waals surface area (Å²) in [5.74, 6) is 0. The lowest BCUT2D eigenvalue weighted by Crippen LogP contribution is -2.25. The number of nitrogens with zero attached hydrogens (tertiary/aromatic N) is 1. The van der Waals surface area contributed by atoms with E-state index < -0.39 is 0 Å². The van der Waals surface area contributed by atoms with E-state index in [2.05, 4.69) is 65.1 Å². The highest BCUT2D eigenvalue weighted by atomic mass is 79.9. The highest BCUT2D eigenvalue weighted by molar-refractivity contribution is 9.10. The van der Waals surface area contributed by atoms with Crippen LogP contribution in [-0.2, 0) is 6.54 Å². The number of hydrogen-bond acceptors (Lipinski definition) is 2. The van der Waals surface area contributed by atoms with Gasteiger partial charge in [0, 0.05) is 29.8 Å². The van der Waals surface area contributed by atoms with E-state index in [1.165, 1.54) is 35.1 Å². The van der Waals surface area contributed by atoms with Gasteiger partial charge in [-0.3, -0.25) is 0 Å². The maximum atomic E-state index is 3.59. The van der Waals surface area contributed by atoms with Crippen LogP contribution >= 0.6 is 15.9 Å². The van der Waals surface area contributed by atoms with Gasteiger partial charge < -0.3 is 10.2 Å². The number of nitrogens with one attached hydrogen (secondary N) is 1. The molecular weight excluding hydrogens is 300 g/mol. The van der Waals surface area contributed by atoms with Gasteiger partial charge in [-0.1, -0.05) is 36.7 Å². The summed E-state index contributed by atoms with van der Waals surface area (Å²) in [6, 6.07) is 6.67. The lowest BCUT2D eigenvalue weighted by Gasteiger charge is -2.24. The predicted molar refractivity (Wildman–Crippen MR) is 86.8 cm³/mol. The highest BCUT2D eigenvalue weighted by Crippen LogP contribution is 2.34. The molecule has 0 amide bonds. The van der Waals surface area contributed by atoms with Gasteiger partial charge in [-0.25, -0.2) is 0 Å². The average Bonchev–Trinajstić information content (AvgIpc) is 2.70. The third-order valence-corrected chi connectivity index (χ3v) is 4.30. The summed E-state index contributed by atoms with van der Waals surface area (Å²) in [5, 5.41) is 3.52. The number of hydrogen-bond donors (Lipinski definition) is 1. The molecular formula is C16H25BrN2. The molecule has 19 heavy (non-hydrogen) atoms. The normalized spacial score (nSPS) is 18.0. The monoisotopic (exact) mass is 324 g/mol. The predicted octanol–water partition coefficient (Wildman–Crippen LogP) is 4.19. The Hall–Kier alpha value is -0.540. The van der Waals surface area contributed by atoms with Crippen LogP contribution in [0.4, 0.5) is 5.69 Å². The first-order chi connectivity index (χ1) is 9.02. The molecule has 0 unspecified atom stereocenters. The molecule has 0 atom stereocenters. The summed E-state index contributed by atoms with van der Waals surface area (Å²) in [4.78, 5) is 2.54. The van der Waals surface area contributed by atoms with Gasteiger partial charge in [0.05, 0.1) is 0 Å². The molecule has 0 radical (unpaired) electrons. The summed E-state index contributed by atoms with van der Waals surface area (Å²) >= 11 is 3.59. The van der Waals surface area contributed by atoms with Crippen LogP contribution in [0.25, 0.3) is 0 Å². The van der Waals surface area contributed by atoms with Crippen LogP contribution in [-0.4, -0.2) is 19.6 Å². The molecule has 0 bridgehead atoms. The minimum absolute atomic E-state index is 0.446. The van der Waals surface area contributed by atoms with Crippen LogP contribution in [0.5, 0.6) is 0 Å². The Morgan fingerprint density at radius 2 is 2.16 bits per heavy atom. The topological polar surface area (TPSA) is 15.3 Å². The number of anilines is 1. The van der Waals surface area contributed by atoms with Crippen LogP contribution < -0.4 is 10.2 Å². The van der Waals surface area contributed by atoms with E-state index in [4.69, 9.17) is 0 Å². The number of rotatable bonds is 5. The maximum Gasteiger partial charge on any atom is 0.0412 e. The van der Waals surface area contributed by atoms with E-state index in [0.717, 1.165) is 19.6 Å². The third-order valence-electron chi connectivity index (χ3n) is 3.80. The van der Waals surface area contributed by atoms with Gasteiger partial charge in [-0.05, 0) is 48.6 Å². The van der Waals surface area contributed by atoms with Gasteiger partial charge in [0.2, 0.25) is 0 Å². The van der Waals surface area contributed by atoms with Crippen molar-refractivity contribution in [2.75, 3.05) is 24.5 Å². The van der Waals surface area contributed by atoms with Crippen molar-refractivity contribution in [2.45, 2.75) is 40.2 Å². The van der Waals surface area contributed by atoms with Gasteiger partial charge in [-0.15, -0.1) is 0 Å². The van der Waals surface area contributed by atoms with E-state index in [0.29, 0.717) is 5.41 Å². The van der Waals surface area contributed by atoms with Crippen molar-refractivity contribution in [1.82, 2.24) is 5.32 Å². The molecule has 1 fully saturated rings. The molecule has 3 heteroatoms. The van der Waals surface area contributed by atoms with Crippen molar-refractivity contribution < 1.29 is 0 Å². The van der Waals surface area contributed by atoms with Gasteiger partial charge in [0.15, 0.2) is 0 Å². The first kappa shape index (κ1) is 14.9. The largest absolute Gasteiger partial charge is 0.371 e. The minimum Gasteiger partial charge on any atom is -0.371 e. The van der Waals surface area contributed by atoms with Crippen LogP contribution in [0, 0.1) is 5.41 Å². The molecule has 1 N–H and O–H groups in total. The summed E-state index contributed by atoms with van der Waals surface area (Å²) < 4.78 is 1.17.